The highest BCUT2D eigenvalue weighted by Gasteiger charge is 2.47. The van der Waals surface area contributed by atoms with Crippen molar-refractivity contribution in [1.29, 1.82) is 0 Å². The van der Waals surface area contributed by atoms with Gasteiger partial charge in [-0.3, -0.25) is 14.6 Å². The van der Waals surface area contributed by atoms with Crippen LogP contribution in [0.2, 0.25) is 0 Å². The maximum absolute atomic E-state index is 13.3. The third-order valence-electron chi connectivity index (χ3n) is 6.03. The minimum atomic E-state index is -0.699. The predicted octanol–water partition coefficient (Wildman–Crippen LogP) is 4.05. The van der Waals surface area contributed by atoms with Crippen molar-refractivity contribution in [2.75, 3.05) is 27.2 Å². The summed E-state index contributed by atoms with van der Waals surface area (Å²) in [5.74, 6) is -0.413. The van der Waals surface area contributed by atoms with Gasteiger partial charge >= 0.3 is 0 Å². The van der Waals surface area contributed by atoms with Crippen LogP contribution in [0.4, 0.5) is 4.39 Å². The van der Waals surface area contributed by atoms with E-state index in [1.54, 1.807) is 60.4 Å². The first-order valence-electron chi connectivity index (χ1n) is 10.6. The molecule has 0 aliphatic carbocycles. The van der Waals surface area contributed by atoms with E-state index in [0.717, 1.165) is 16.7 Å². The van der Waals surface area contributed by atoms with Crippen molar-refractivity contribution in [2.24, 2.45) is 5.41 Å². The van der Waals surface area contributed by atoms with E-state index >= 15 is 0 Å². The highest BCUT2D eigenvalue weighted by molar-refractivity contribution is 5.93. The molecule has 4 rings (SSSR count). The highest BCUT2D eigenvalue weighted by Crippen LogP contribution is 2.37. The number of hydrogen-bond acceptors (Lipinski definition) is 3. The summed E-state index contributed by atoms with van der Waals surface area (Å²) in [5.41, 5.74) is 2.58. The maximum Gasteiger partial charge on any atom is 0.272 e. The molecule has 5 nitrogen and oxygen atoms in total. The summed E-state index contributed by atoms with van der Waals surface area (Å²) < 4.78 is 13.3. The van der Waals surface area contributed by atoms with Crippen molar-refractivity contribution >= 4 is 11.8 Å². The van der Waals surface area contributed by atoms with E-state index in [1.807, 2.05) is 24.3 Å². The van der Waals surface area contributed by atoms with Gasteiger partial charge in [0.15, 0.2) is 0 Å². The third kappa shape index (κ3) is 4.40. The molecule has 0 bridgehead atoms. The summed E-state index contributed by atoms with van der Waals surface area (Å²) in [6, 6.07) is 19.6. The largest absolute Gasteiger partial charge is 0.348 e. The lowest BCUT2D eigenvalue weighted by Gasteiger charge is -2.31. The third-order valence-corrected chi connectivity index (χ3v) is 6.03. The molecule has 1 aromatic heterocycles. The van der Waals surface area contributed by atoms with Crippen molar-refractivity contribution in [3.05, 3.63) is 90.0 Å². The highest BCUT2D eigenvalue weighted by atomic mass is 19.1. The van der Waals surface area contributed by atoms with Crippen molar-refractivity contribution in [3.8, 4) is 11.1 Å². The number of halogens is 1. The molecule has 2 amide bonds. The quantitative estimate of drug-likeness (QED) is 0.612. The van der Waals surface area contributed by atoms with E-state index in [0.29, 0.717) is 31.6 Å². The number of benzene rings is 2. The van der Waals surface area contributed by atoms with Crippen LogP contribution in [0.5, 0.6) is 0 Å². The first-order chi connectivity index (χ1) is 15.4. The van der Waals surface area contributed by atoms with E-state index in [4.69, 9.17) is 0 Å². The Morgan fingerprint density at radius 2 is 1.81 bits per heavy atom. The number of carbonyl (C=O) groups is 2. The van der Waals surface area contributed by atoms with Gasteiger partial charge in [-0.25, -0.2) is 4.39 Å². The van der Waals surface area contributed by atoms with Crippen LogP contribution >= 0.6 is 0 Å². The number of aromatic nitrogens is 1. The molecule has 0 N–H and O–H groups in total. The second-order valence-electron chi connectivity index (χ2n) is 8.56. The minimum absolute atomic E-state index is 0.0148. The fourth-order valence-corrected chi connectivity index (χ4v) is 4.46. The van der Waals surface area contributed by atoms with Gasteiger partial charge in [0.2, 0.25) is 5.91 Å². The molecule has 1 aliphatic rings. The zero-order valence-electron chi connectivity index (χ0n) is 18.3. The van der Waals surface area contributed by atoms with Crippen LogP contribution in [-0.2, 0) is 11.2 Å². The number of amides is 2. The van der Waals surface area contributed by atoms with Crippen LogP contribution in [0.3, 0.4) is 0 Å². The van der Waals surface area contributed by atoms with Crippen molar-refractivity contribution in [1.82, 2.24) is 14.8 Å². The number of rotatable bonds is 5. The van der Waals surface area contributed by atoms with Gasteiger partial charge < -0.3 is 9.80 Å². The topological polar surface area (TPSA) is 53.5 Å². The Kier molecular flexibility index (Phi) is 6.04. The Labute approximate surface area is 187 Å². The van der Waals surface area contributed by atoms with Gasteiger partial charge in [-0.15, -0.1) is 0 Å². The van der Waals surface area contributed by atoms with Crippen molar-refractivity contribution < 1.29 is 14.0 Å². The molecule has 0 radical (unpaired) electrons. The first-order valence-corrected chi connectivity index (χ1v) is 10.6. The molecular weight excluding hydrogens is 405 g/mol. The van der Waals surface area contributed by atoms with Gasteiger partial charge in [0.25, 0.3) is 5.91 Å². The summed E-state index contributed by atoms with van der Waals surface area (Å²) in [4.78, 5) is 33.8. The smallest absolute Gasteiger partial charge is 0.272 e. The summed E-state index contributed by atoms with van der Waals surface area (Å²) in [7, 11) is 3.50. The molecule has 0 unspecified atom stereocenters. The molecule has 6 heteroatoms. The summed E-state index contributed by atoms with van der Waals surface area (Å²) >= 11 is 0. The number of likely N-dealkylation sites (tertiary alicyclic amines) is 1. The summed E-state index contributed by atoms with van der Waals surface area (Å²) in [6.45, 7) is 0.854. The monoisotopic (exact) mass is 431 g/mol. The first kappa shape index (κ1) is 21.7. The Morgan fingerprint density at radius 3 is 2.50 bits per heavy atom. The number of nitrogens with zero attached hydrogens (tertiary/aromatic N) is 3. The lowest BCUT2D eigenvalue weighted by atomic mass is 9.79. The number of pyridine rings is 1. The normalized spacial score (nSPS) is 17.9. The van der Waals surface area contributed by atoms with E-state index in [-0.39, 0.29) is 17.6 Å². The zero-order chi connectivity index (χ0) is 22.7. The molecule has 1 saturated heterocycles. The van der Waals surface area contributed by atoms with E-state index in [1.165, 1.54) is 12.1 Å². The van der Waals surface area contributed by atoms with Gasteiger partial charge in [-0.1, -0.05) is 42.5 Å². The lowest BCUT2D eigenvalue weighted by molar-refractivity contribution is -0.138. The molecule has 3 aromatic rings. The van der Waals surface area contributed by atoms with Crippen LogP contribution in [-0.4, -0.2) is 53.8 Å². The molecule has 32 heavy (non-hydrogen) atoms. The molecule has 0 saturated carbocycles. The van der Waals surface area contributed by atoms with Gasteiger partial charge in [0.1, 0.15) is 11.5 Å². The lowest BCUT2D eigenvalue weighted by Crippen LogP contribution is -2.44. The predicted molar refractivity (Wildman–Crippen MR) is 121 cm³/mol. The van der Waals surface area contributed by atoms with Gasteiger partial charge in [0.05, 0.1) is 5.41 Å². The molecule has 1 fully saturated rings. The fraction of sp³-hybridized carbons (Fsp3) is 0.269. The summed E-state index contributed by atoms with van der Waals surface area (Å²) in [5, 5.41) is 0. The Hall–Kier alpha value is -3.54. The van der Waals surface area contributed by atoms with Crippen LogP contribution in [0.25, 0.3) is 11.1 Å². The molecule has 1 aliphatic heterocycles. The molecular formula is C26H26FN3O2. The molecule has 164 valence electrons. The molecule has 2 aromatic carbocycles. The second-order valence-corrected chi connectivity index (χ2v) is 8.56. The van der Waals surface area contributed by atoms with Crippen molar-refractivity contribution in [2.45, 2.75) is 12.8 Å². The minimum Gasteiger partial charge on any atom is -0.348 e. The van der Waals surface area contributed by atoms with Crippen LogP contribution in [0, 0.1) is 11.2 Å². The number of hydrogen-bond donors (Lipinski definition) is 0. The van der Waals surface area contributed by atoms with Gasteiger partial charge in [0, 0.05) is 33.4 Å². The summed E-state index contributed by atoms with van der Waals surface area (Å²) in [6.07, 6.45) is 2.71. The Bertz CT molecular complexity index is 1120. The van der Waals surface area contributed by atoms with Crippen LogP contribution in [0.1, 0.15) is 22.5 Å². The Morgan fingerprint density at radius 1 is 1.03 bits per heavy atom. The average molecular weight is 432 g/mol. The van der Waals surface area contributed by atoms with Crippen LogP contribution < -0.4 is 0 Å². The number of carbonyl (C=O) groups excluding carboxylic acids is 2. The average Bonchev–Trinajstić information content (AvgIpc) is 3.24. The SMILES string of the molecule is CN(C)C(=O)[C@@]1(Cc2cccc(-c3ccc(F)cc3)c2)CCN(C(=O)c2ccccn2)C1. The van der Waals surface area contributed by atoms with E-state index < -0.39 is 5.41 Å². The molecule has 0 spiro atoms. The Balaban J connectivity index is 1.61. The standard InChI is InChI=1S/C26H26FN3O2/c1-29(2)25(32)26(13-15-30(18-26)24(31)23-8-3-4-14-28-23)17-19-6-5-7-21(16-19)20-9-11-22(27)12-10-20/h3-12,14,16H,13,15,17-18H2,1-2H3/t26-/m1/s1. The fourth-order valence-electron chi connectivity index (χ4n) is 4.46. The van der Waals surface area contributed by atoms with Gasteiger partial charge in [-0.2, -0.15) is 0 Å². The molecule has 2 heterocycles. The zero-order valence-corrected chi connectivity index (χ0v) is 18.3. The van der Waals surface area contributed by atoms with Crippen LogP contribution in [0.15, 0.2) is 72.9 Å². The molecule has 1 atom stereocenters. The van der Waals surface area contributed by atoms with E-state index in [9.17, 15) is 14.0 Å². The van der Waals surface area contributed by atoms with Crippen molar-refractivity contribution in [3.63, 3.8) is 0 Å². The van der Waals surface area contributed by atoms with E-state index in [2.05, 4.69) is 4.98 Å². The maximum atomic E-state index is 13.3. The second kappa shape index (κ2) is 8.91. The van der Waals surface area contributed by atoms with Gasteiger partial charge in [-0.05, 0) is 53.8 Å².